The molecule has 6 aliphatic rings. The van der Waals surface area contributed by atoms with Crippen molar-refractivity contribution in [3.63, 3.8) is 0 Å². The Morgan fingerprint density at radius 2 is 1.38 bits per heavy atom. The van der Waals surface area contributed by atoms with Crippen LogP contribution in [0.2, 0.25) is 0 Å². The summed E-state index contributed by atoms with van der Waals surface area (Å²) in [5.41, 5.74) is -0.608. The van der Waals surface area contributed by atoms with Crippen LogP contribution in [0.15, 0.2) is 0 Å². The van der Waals surface area contributed by atoms with Gasteiger partial charge in [-0.3, -0.25) is 24.0 Å². The minimum absolute atomic E-state index is 0.00493. The fraction of sp³-hybridized carbons (Fsp3) is 0.878. The van der Waals surface area contributed by atoms with Crippen LogP contribution in [-0.4, -0.2) is 65.9 Å². The number of Topliss-reactive ketones (excluding diaryl/α,β-unsaturated/α-hetero) is 4. The molecule has 0 radical (unpaired) electrons. The van der Waals surface area contributed by atoms with E-state index in [1.807, 2.05) is 0 Å². The number of ketones is 4. The lowest BCUT2D eigenvalue weighted by Gasteiger charge is -2.41. The van der Waals surface area contributed by atoms with Crippen molar-refractivity contribution < 1.29 is 32.4 Å². The van der Waals surface area contributed by atoms with Gasteiger partial charge in [0.05, 0.1) is 17.0 Å². The number of piperidine rings is 1. The molecule has 280 valence electrons. The predicted octanol–water partition coefficient (Wildman–Crippen LogP) is 7.39. The molecule has 3 heterocycles. The quantitative estimate of drug-likeness (QED) is 0.228. The van der Waals surface area contributed by atoms with E-state index in [4.69, 9.17) is 0 Å². The van der Waals surface area contributed by atoms with Crippen molar-refractivity contribution in [1.29, 1.82) is 0 Å². The van der Waals surface area contributed by atoms with Crippen LogP contribution in [0.4, 0.5) is 0 Å². The van der Waals surface area contributed by atoms with Crippen LogP contribution >= 0.6 is 0 Å². The Labute approximate surface area is 300 Å². The number of hydrogen-bond acceptors (Lipinski definition) is 7. The molecule has 50 heavy (non-hydrogen) atoms. The van der Waals surface area contributed by atoms with E-state index in [-0.39, 0.29) is 65.5 Å². The highest BCUT2D eigenvalue weighted by Gasteiger charge is 2.69. The maximum absolute atomic E-state index is 14.6. The maximum atomic E-state index is 14.6. The highest BCUT2D eigenvalue weighted by molar-refractivity contribution is 7.92. The van der Waals surface area contributed by atoms with E-state index in [1.165, 1.54) is 0 Å². The first-order valence-corrected chi connectivity index (χ1v) is 22.2. The van der Waals surface area contributed by atoms with Gasteiger partial charge < -0.3 is 4.90 Å². The molecule has 6 atom stereocenters. The number of hydrogen-bond donors (Lipinski definition) is 0. The molecule has 0 spiro atoms. The lowest BCUT2D eigenvalue weighted by Crippen LogP contribution is -2.49. The van der Waals surface area contributed by atoms with Gasteiger partial charge in [0.15, 0.2) is 21.4 Å². The van der Waals surface area contributed by atoms with Gasteiger partial charge in [0.2, 0.25) is 11.7 Å². The summed E-state index contributed by atoms with van der Waals surface area (Å²) in [4.78, 5) is 71.3. The molecule has 6 rings (SSSR count). The summed E-state index contributed by atoms with van der Waals surface area (Å²) in [6.45, 7) is 4.80. The molecule has 3 saturated heterocycles. The molecule has 9 heteroatoms. The Morgan fingerprint density at radius 3 is 2.00 bits per heavy atom. The second-order valence-electron chi connectivity index (χ2n) is 18.1. The number of sulfone groups is 1. The normalized spacial score (nSPS) is 34.7. The predicted molar refractivity (Wildman–Crippen MR) is 193 cm³/mol. The third-order valence-corrected chi connectivity index (χ3v) is 16.6. The monoisotopic (exact) mass is 713 g/mol. The molecule has 1 amide bonds. The number of carbonyl (C=O) groups excluding carboxylic acids is 5. The van der Waals surface area contributed by atoms with Gasteiger partial charge in [0, 0.05) is 44.1 Å². The smallest absolute Gasteiger partial charge is 0.226 e. The van der Waals surface area contributed by atoms with Gasteiger partial charge in [-0.2, -0.15) is 0 Å². The topological polar surface area (TPSA) is 123 Å². The van der Waals surface area contributed by atoms with Crippen LogP contribution in [0.25, 0.3) is 0 Å². The van der Waals surface area contributed by atoms with Crippen molar-refractivity contribution in [2.75, 3.05) is 12.3 Å². The Morgan fingerprint density at radius 1 is 0.760 bits per heavy atom. The Kier molecular flexibility index (Phi) is 11.8. The van der Waals surface area contributed by atoms with Gasteiger partial charge in [-0.1, -0.05) is 84.5 Å². The molecule has 0 bridgehead atoms. The molecule has 3 aliphatic carbocycles. The molecule has 0 aromatic heterocycles. The highest BCUT2D eigenvalue weighted by atomic mass is 32.2. The minimum atomic E-state index is -3.24. The van der Waals surface area contributed by atoms with Crippen molar-refractivity contribution in [3.8, 4) is 0 Å². The largest absolute Gasteiger partial charge is 0.332 e. The average Bonchev–Trinajstić information content (AvgIpc) is 3.85. The van der Waals surface area contributed by atoms with Gasteiger partial charge in [0.1, 0.15) is 5.78 Å². The van der Waals surface area contributed by atoms with Gasteiger partial charge in [0.25, 0.3) is 0 Å². The number of nitrogens with zero attached hydrogens (tertiary/aromatic N) is 1. The van der Waals surface area contributed by atoms with E-state index in [0.717, 1.165) is 96.3 Å². The third-order valence-electron chi connectivity index (χ3n) is 14.2. The lowest BCUT2D eigenvalue weighted by atomic mass is 9.67. The van der Waals surface area contributed by atoms with Gasteiger partial charge >= 0.3 is 0 Å². The van der Waals surface area contributed by atoms with E-state index in [2.05, 4.69) is 13.8 Å². The van der Waals surface area contributed by atoms with E-state index < -0.39 is 44.2 Å². The second-order valence-corrected chi connectivity index (χ2v) is 20.4. The summed E-state index contributed by atoms with van der Waals surface area (Å²) in [5.74, 6) is -1.38. The summed E-state index contributed by atoms with van der Waals surface area (Å²) in [5, 5.41) is -0.460. The Hall–Kier alpha value is -1.90. The Bertz CT molecular complexity index is 1410. The molecule has 3 saturated carbocycles. The maximum Gasteiger partial charge on any atom is 0.226 e. The molecule has 0 unspecified atom stereocenters. The zero-order valence-corrected chi connectivity index (χ0v) is 31.7. The van der Waals surface area contributed by atoms with E-state index >= 15 is 0 Å². The third kappa shape index (κ3) is 8.33. The fourth-order valence-electron chi connectivity index (χ4n) is 11.0. The summed E-state index contributed by atoms with van der Waals surface area (Å²) in [7, 11) is -3.24. The number of carbonyl (C=O) groups is 5. The molecule has 6 fully saturated rings. The zero-order chi connectivity index (χ0) is 35.7. The molecule has 0 aromatic rings. The molecular weight excluding hydrogens is 651 g/mol. The van der Waals surface area contributed by atoms with E-state index in [9.17, 15) is 32.4 Å². The SMILES string of the molecule is CC1(C)[C@@H]2[C@H]3C(=O)C[C@H](C(=O)C(=O)CC4CC4)CCCCCCCCCC[C@H](CC(=O)CC4([C@H]5CCCS5(=O)=O)CCCCC4)C(=O)N3C[C@@H]21. The van der Waals surface area contributed by atoms with Gasteiger partial charge in [-0.05, 0) is 80.0 Å². The van der Waals surface area contributed by atoms with Gasteiger partial charge in [-0.15, -0.1) is 0 Å². The van der Waals surface area contributed by atoms with Crippen LogP contribution in [-0.2, 0) is 33.8 Å². The molecule has 0 N–H and O–H groups in total. The summed E-state index contributed by atoms with van der Waals surface area (Å²) in [6.07, 6.45) is 17.4. The van der Waals surface area contributed by atoms with Crippen LogP contribution in [0.1, 0.15) is 162 Å². The van der Waals surface area contributed by atoms with Crippen molar-refractivity contribution in [3.05, 3.63) is 0 Å². The fourth-order valence-corrected chi connectivity index (χ4v) is 13.4. The van der Waals surface area contributed by atoms with Crippen LogP contribution in [0.5, 0.6) is 0 Å². The number of rotatable bonds is 9. The van der Waals surface area contributed by atoms with Crippen molar-refractivity contribution in [2.24, 2.45) is 40.4 Å². The molecule has 8 nitrogen and oxygen atoms in total. The van der Waals surface area contributed by atoms with Gasteiger partial charge in [-0.25, -0.2) is 8.42 Å². The second kappa shape index (κ2) is 15.6. The van der Waals surface area contributed by atoms with Crippen LogP contribution in [0, 0.1) is 40.4 Å². The summed E-state index contributed by atoms with van der Waals surface area (Å²) >= 11 is 0. The number of fused-ring (bicyclic) bond motifs is 3. The highest BCUT2D eigenvalue weighted by Crippen LogP contribution is 2.65. The first-order chi connectivity index (χ1) is 23.8. The molecular formula is C41H63NO7S. The number of amides is 1. The van der Waals surface area contributed by atoms with E-state index in [1.54, 1.807) is 4.90 Å². The first kappa shape index (κ1) is 37.8. The van der Waals surface area contributed by atoms with Crippen molar-refractivity contribution in [1.82, 2.24) is 4.90 Å². The van der Waals surface area contributed by atoms with E-state index in [0.29, 0.717) is 44.6 Å². The lowest BCUT2D eigenvalue weighted by molar-refractivity contribution is -0.146. The van der Waals surface area contributed by atoms with Crippen LogP contribution in [0.3, 0.4) is 0 Å². The zero-order valence-electron chi connectivity index (χ0n) is 30.9. The minimum Gasteiger partial charge on any atom is -0.332 e. The molecule has 3 aliphatic heterocycles. The Balaban J connectivity index is 1.22. The summed E-state index contributed by atoms with van der Waals surface area (Å²) < 4.78 is 26.4. The van der Waals surface area contributed by atoms with Crippen LogP contribution < -0.4 is 0 Å². The van der Waals surface area contributed by atoms with Crippen molar-refractivity contribution in [2.45, 2.75) is 173 Å². The first-order valence-electron chi connectivity index (χ1n) is 20.5. The summed E-state index contributed by atoms with van der Waals surface area (Å²) in [6, 6.07) is -0.627. The average molecular weight is 714 g/mol. The molecule has 0 aromatic carbocycles. The van der Waals surface area contributed by atoms with Crippen molar-refractivity contribution >= 4 is 38.9 Å². The standard InChI is InChI=1S/C41H63NO7S/c1-40(2)32-27-42-37(36(32)40)33(44)25-29(38(46)34(45)23-28-18-19-28)15-10-7-5-3-4-6-8-11-16-30(39(42)47)24-31(43)26-41(20-12-9-13-21-41)35-17-14-22-50(35,48)49/h28-30,32,35-37H,3-27H2,1-2H3/t29-,30-,32+,35-,36+,37-/m1/s1.